The molecule has 12 nitrogen and oxygen atoms in total. The molecule has 0 spiro atoms. The van der Waals surface area contributed by atoms with E-state index in [0.29, 0.717) is 49.3 Å². The highest BCUT2D eigenvalue weighted by atomic mass is 16.6. The van der Waals surface area contributed by atoms with E-state index in [4.69, 9.17) is 19.4 Å². The van der Waals surface area contributed by atoms with E-state index in [-0.39, 0.29) is 18.2 Å². The van der Waals surface area contributed by atoms with E-state index in [9.17, 15) is 4.79 Å². The van der Waals surface area contributed by atoms with Crippen LogP contribution in [0.25, 0.3) is 10.9 Å². The highest BCUT2D eigenvalue weighted by Crippen LogP contribution is 2.26. The Morgan fingerprint density at radius 2 is 1.79 bits per heavy atom. The SMILES string of the molecule is CO[C@H](C)c1cc2cnc(Nc3ccc(N4CCN(C(=O)OC(C)(C)C)CC4)nn3)nc2c(NC(C)C)n1. The Balaban J connectivity index is 1.44. The lowest BCUT2D eigenvalue weighted by atomic mass is 10.2. The number of carbonyl (C=O) groups is 1. The van der Waals surface area contributed by atoms with Crippen LogP contribution in [0.2, 0.25) is 0 Å². The van der Waals surface area contributed by atoms with E-state index >= 15 is 0 Å². The smallest absolute Gasteiger partial charge is 0.410 e. The number of hydrogen-bond acceptors (Lipinski definition) is 11. The van der Waals surface area contributed by atoms with Crippen LogP contribution < -0.4 is 15.5 Å². The van der Waals surface area contributed by atoms with Crippen molar-refractivity contribution in [2.24, 2.45) is 0 Å². The minimum atomic E-state index is -0.508. The van der Waals surface area contributed by atoms with Gasteiger partial charge in [0.05, 0.1) is 11.8 Å². The van der Waals surface area contributed by atoms with Crippen molar-refractivity contribution in [3.63, 3.8) is 0 Å². The quantitative estimate of drug-likeness (QED) is 0.463. The zero-order valence-corrected chi connectivity index (χ0v) is 23.1. The third-order valence-corrected chi connectivity index (χ3v) is 5.93. The molecule has 1 saturated heterocycles. The van der Waals surface area contributed by atoms with Crippen molar-refractivity contribution in [2.75, 3.05) is 48.8 Å². The third kappa shape index (κ3) is 6.74. The molecule has 12 heteroatoms. The first-order valence-corrected chi connectivity index (χ1v) is 12.8. The number of ether oxygens (including phenoxy) is 2. The van der Waals surface area contributed by atoms with Gasteiger partial charge >= 0.3 is 6.09 Å². The van der Waals surface area contributed by atoms with E-state index in [0.717, 1.165) is 16.9 Å². The van der Waals surface area contributed by atoms with Crippen molar-refractivity contribution in [3.8, 4) is 0 Å². The van der Waals surface area contributed by atoms with Crippen LogP contribution in [0.4, 0.5) is 28.2 Å². The first-order chi connectivity index (χ1) is 18.0. The molecule has 1 amide bonds. The minimum Gasteiger partial charge on any atom is -0.444 e. The molecule has 0 bridgehead atoms. The van der Waals surface area contributed by atoms with Gasteiger partial charge in [0.2, 0.25) is 5.95 Å². The number of piperazine rings is 1. The lowest BCUT2D eigenvalue weighted by Gasteiger charge is -2.35. The van der Waals surface area contributed by atoms with Crippen molar-refractivity contribution in [1.29, 1.82) is 0 Å². The highest BCUT2D eigenvalue weighted by Gasteiger charge is 2.26. The molecule has 0 unspecified atom stereocenters. The Hall–Kier alpha value is -3.80. The number of amides is 1. The summed E-state index contributed by atoms with van der Waals surface area (Å²) in [6, 6.07) is 5.85. The van der Waals surface area contributed by atoms with Crippen molar-refractivity contribution in [1.82, 2.24) is 30.0 Å². The van der Waals surface area contributed by atoms with Crippen LogP contribution in [0.5, 0.6) is 0 Å². The van der Waals surface area contributed by atoms with Crippen LogP contribution >= 0.6 is 0 Å². The van der Waals surface area contributed by atoms with Gasteiger partial charge < -0.3 is 29.9 Å². The molecule has 2 N–H and O–H groups in total. The molecule has 1 aliphatic heterocycles. The van der Waals surface area contributed by atoms with Gasteiger partial charge in [-0.2, -0.15) is 0 Å². The van der Waals surface area contributed by atoms with Gasteiger partial charge in [0.1, 0.15) is 11.1 Å². The maximum atomic E-state index is 12.3. The molecule has 1 atom stereocenters. The summed E-state index contributed by atoms with van der Waals surface area (Å²) in [6.45, 7) is 14.1. The molecular formula is C26H37N9O3. The van der Waals surface area contributed by atoms with Gasteiger partial charge in [-0.25, -0.2) is 19.7 Å². The predicted octanol–water partition coefficient (Wildman–Crippen LogP) is 4.14. The summed E-state index contributed by atoms with van der Waals surface area (Å²) in [5.74, 6) is 2.34. The fourth-order valence-electron chi connectivity index (χ4n) is 3.94. The molecule has 0 saturated carbocycles. The van der Waals surface area contributed by atoms with E-state index in [1.807, 2.05) is 45.9 Å². The van der Waals surface area contributed by atoms with Crippen LogP contribution in [0.15, 0.2) is 24.4 Å². The molecule has 1 aliphatic rings. The lowest BCUT2D eigenvalue weighted by molar-refractivity contribution is 0.0240. The van der Waals surface area contributed by atoms with Gasteiger partial charge in [0, 0.05) is 50.9 Å². The Kier molecular flexibility index (Phi) is 8.10. The zero-order chi connectivity index (χ0) is 27.4. The van der Waals surface area contributed by atoms with Crippen LogP contribution in [-0.4, -0.2) is 81.1 Å². The number of rotatable bonds is 7. The number of aromatic nitrogens is 5. The Bertz CT molecular complexity index is 1250. The Morgan fingerprint density at radius 1 is 1.05 bits per heavy atom. The molecule has 38 heavy (non-hydrogen) atoms. The van der Waals surface area contributed by atoms with Crippen molar-refractivity contribution < 1.29 is 14.3 Å². The fraction of sp³-hybridized carbons (Fsp3) is 0.538. The van der Waals surface area contributed by atoms with Gasteiger partial charge in [-0.15, -0.1) is 10.2 Å². The van der Waals surface area contributed by atoms with Gasteiger partial charge in [0.15, 0.2) is 17.5 Å². The third-order valence-electron chi connectivity index (χ3n) is 5.93. The van der Waals surface area contributed by atoms with Crippen LogP contribution in [0.1, 0.15) is 53.3 Å². The van der Waals surface area contributed by atoms with Crippen LogP contribution in [0.3, 0.4) is 0 Å². The van der Waals surface area contributed by atoms with E-state index in [1.165, 1.54) is 0 Å². The standard InChI is InChI=1S/C26H37N9O3/c1-16(2)28-23-22-18(14-19(29-23)17(3)37-7)15-27-24(31-22)30-20-8-9-21(33-32-20)34-10-12-35(13-11-34)25(36)38-26(4,5)6/h8-9,14-17H,10-13H2,1-7H3,(H,28,29)(H,27,30,31,32)/t17-/m1/s1. The molecule has 204 valence electrons. The number of hydrogen-bond donors (Lipinski definition) is 2. The van der Waals surface area contributed by atoms with Crippen molar-refractivity contribution in [2.45, 2.75) is 59.3 Å². The number of carbonyl (C=O) groups excluding carboxylic acids is 1. The van der Waals surface area contributed by atoms with Crippen LogP contribution in [0, 0.1) is 0 Å². The van der Waals surface area contributed by atoms with E-state index in [1.54, 1.807) is 18.2 Å². The minimum absolute atomic E-state index is 0.154. The summed E-state index contributed by atoms with van der Waals surface area (Å²) in [5.41, 5.74) is 1.00. The topological polar surface area (TPSA) is 131 Å². The summed E-state index contributed by atoms with van der Waals surface area (Å²) in [7, 11) is 1.66. The molecule has 4 heterocycles. The molecular weight excluding hydrogens is 486 g/mol. The second-order valence-electron chi connectivity index (χ2n) is 10.6. The van der Waals surface area contributed by atoms with E-state index < -0.39 is 5.60 Å². The van der Waals surface area contributed by atoms with Crippen LogP contribution in [-0.2, 0) is 9.47 Å². The average Bonchev–Trinajstić information content (AvgIpc) is 2.87. The summed E-state index contributed by atoms with van der Waals surface area (Å²) >= 11 is 0. The number of pyridine rings is 1. The molecule has 3 aromatic rings. The number of anilines is 4. The molecule has 1 fully saturated rings. The average molecular weight is 524 g/mol. The second-order valence-corrected chi connectivity index (χ2v) is 10.6. The van der Waals surface area contributed by atoms with E-state index in [2.05, 4.69) is 44.6 Å². The summed E-state index contributed by atoms with van der Waals surface area (Å²) in [6.07, 6.45) is 1.32. The first kappa shape index (κ1) is 27.2. The monoisotopic (exact) mass is 523 g/mol. The largest absolute Gasteiger partial charge is 0.444 e. The Morgan fingerprint density at radius 3 is 2.39 bits per heavy atom. The highest BCUT2D eigenvalue weighted by molar-refractivity contribution is 5.89. The second kappa shape index (κ2) is 11.3. The molecule has 4 rings (SSSR count). The molecule has 0 aromatic carbocycles. The zero-order valence-electron chi connectivity index (χ0n) is 23.1. The lowest BCUT2D eigenvalue weighted by Crippen LogP contribution is -2.50. The van der Waals surface area contributed by atoms with Gasteiger partial charge in [-0.05, 0) is 59.7 Å². The first-order valence-electron chi connectivity index (χ1n) is 12.8. The Labute approximate surface area is 223 Å². The summed E-state index contributed by atoms with van der Waals surface area (Å²) < 4.78 is 10.9. The van der Waals surface area contributed by atoms with Gasteiger partial charge in [-0.1, -0.05) is 0 Å². The maximum Gasteiger partial charge on any atom is 0.410 e. The number of fused-ring (bicyclic) bond motifs is 1. The number of methoxy groups -OCH3 is 1. The molecule has 0 aliphatic carbocycles. The van der Waals surface area contributed by atoms with Crippen molar-refractivity contribution in [3.05, 3.63) is 30.1 Å². The summed E-state index contributed by atoms with van der Waals surface area (Å²) in [5, 5.41) is 16.1. The molecule has 0 radical (unpaired) electrons. The predicted molar refractivity (Wildman–Crippen MR) is 147 cm³/mol. The number of nitrogens with one attached hydrogen (secondary N) is 2. The molecule has 3 aromatic heterocycles. The van der Waals surface area contributed by atoms with Gasteiger partial charge in [-0.3, -0.25) is 0 Å². The van der Waals surface area contributed by atoms with Gasteiger partial charge in [0.25, 0.3) is 0 Å². The maximum absolute atomic E-state index is 12.3. The van der Waals surface area contributed by atoms with Crippen molar-refractivity contribution >= 4 is 40.4 Å². The summed E-state index contributed by atoms with van der Waals surface area (Å²) in [4.78, 5) is 30.0. The normalized spacial score (nSPS) is 15.1. The number of nitrogens with zero attached hydrogens (tertiary/aromatic N) is 7. The fourth-order valence-corrected chi connectivity index (χ4v) is 3.94.